The molecule has 2 atom stereocenters. The molecule has 0 unspecified atom stereocenters. The van der Waals surface area contributed by atoms with Crippen molar-refractivity contribution < 1.29 is 23.4 Å². The van der Waals surface area contributed by atoms with Gasteiger partial charge in [0, 0.05) is 19.1 Å². The van der Waals surface area contributed by atoms with Crippen LogP contribution >= 0.6 is 0 Å². The van der Waals surface area contributed by atoms with E-state index in [2.05, 4.69) is 0 Å². The summed E-state index contributed by atoms with van der Waals surface area (Å²) in [6, 6.07) is -1.36. The van der Waals surface area contributed by atoms with E-state index in [1.54, 1.807) is 13.8 Å². The quantitative estimate of drug-likeness (QED) is 0.779. The number of hydrogen-bond donors (Lipinski definition) is 1. The lowest BCUT2D eigenvalue weighted by Gasteiger charge is -2.28. The molecule has 1 aliphatic heterocycles. The van der Waals surface area contributed by atoms with E-state index in [1.807, 2.05) is 0 Å². The van der Waals surface area contributed by atoms with Crippen LogP contribution in [-0.2, 0) is 9.53 Å². The van der Waals surface area contributed by atoms with Crippen molar-refractivity contribution in [3.63, 3.8) is 0 Å². The predicted octanol–water partition coefficient (Wildman–Crippen LogP) is 1.60. The molecule has 1 fully saturated rings. The Balaban J connectivity index is 2.75. The van der Waals surface area contributed by atoms with Gasteiger partial charge in [0.2, 0.25) is 0 Å². The maximum atomic E-state index is 13.3. The highest BCUT2D eigenvalue weighted by molar-refractivity contribution is 5.73. The molecule has 1 saturated heterocycles. The molecule has 17 heavy (non-hydrogen) atoms. The number of nitrogens with zero attached hydrogens (tertiary/aromatic N) is 1. The van der Waals surface area contributed by atoms with Crippen LogP contribution in [0.25, 0.3) is 0 Å². The summed E-state index contributed by atoms with van der Waals surface area (Å²) < 4.78 is 31.8. The average molecular weight is 251 g/mol. The van der Waals surface area contributed by atoms with Gasteiger partial charge in [0.15, 0.2) is 0 Å². The lowest BCUT2D eigenvalue weighted by atomic mass is 10.1. The average Bonchev–Trinajstić information content (AvgIpc) is 2.51. The van der Waals surface area contributed by atoms with Crippen LogP contribution in [0.3, 0.4) is 0 Å². The number of likely N-dealkylation sites (tertiary alicyclic amines) is 1. The van der Waals surface area contributed by atoms with Gasteiger partial charge in [-0.1, -0.05) is 6.92 Å². The molecule has 0 aromatic carbocycles. The summed E-state index contributed by atoms with van der Waals surface area (Å²) in [5.74, 6) is -3.86. The molecular formula is C11H19F2NO3. The largest absolute Gasteiger partial charge is 0.480 e. The second-order valence-corrected chi connectivity index (χ2v) is 4.31. The first-order valence-corrected chi connectivity index (χ1v) is 5.85. The summed E-state index contributed by atoms with van der Waals surface area (Å²) in [5, 5.41) is 9.02. The first-order valence-electron chi connectivity index (χ1n) is 5.85. The van der Waals surface area contributed by atoms with Gasteiger partial charge in [0.25, 0.3) is 5.92 Å². The Hall–Kier alpha value is -0.750. The Bertz CT molecular complexity index is 273. The topological polar surface area (TPSA) is 49.8 Å². The molecule has 0 aromatic heterocycles. The number of hydrogen-bond acceptors (Lipinski definition) is 3. The molecule has 4 nitrogen and oxygen atoms in total. The lowest BCUT2D eigenvalue weighted by molar-refractivity contribution is -0.144. The third-order valence-electron chi connectivity index (χ3n) is 3.00. The van der Waals surface area contributed by atoms with E-state index in [0.717, 1.165) is 0 Å². The van der Waals surface area contributed by atoms with E-state index in [1.165, 1.54) is 4.90 Å². The van der Waals surface area contributed by atoms with Crippen LogP contribution in [-0.4, -0.2) is 53.7 Å². The first kappa shape index (κ1) is 14.3. The van der Waals surface area contributed by atoms with E-state index in [9.17, 15) is 13.6 Å². The van der Waals surface area contributed by atoms with E-state index in [-0.39, 0.29) is 13.0 Å². The fourth-order valence-electron chi connectivity index (χ4n) is 2.25. The van der Waals surface area contributed by atoms with Crippen molar-refractivity contribution in [1.29, 1.82) is 0 Å². The molecule has 6 heteroatoms. The Kier molecular flexibility index (Phi) is 4.82. The second-order valence-electron chi connectivity index (χ2n) is 4.31. The van der Waals surface area contributed by atoms with Crippen LogP contribution in [0.2, 0.25) is 0 Å². The standard InChI is InChI=1S/C11H19F2NO3/c1-3-9(10(15)16)14-7-11(12,13)5-8(14)6-17-4-2/h8-9H,3-7H2,1-2H3,(H,15,16)/t8-,9-/m1/s1. The van der Waals surface area contributed by atoms with E-state index in [0.29, 0.717) is 13.0 Å². The maximum absolute atomic E-state index is 13.3. The fraction of sp³-hybridized carbons (Fsp3) is 0.909. The monoisotopic (exact) mass is 251 g/mol. The smallest absolute Gasteiger partial charge is 0.320 e. The van der Waals surface area contributed by atoms with E-state index >= 15 is 0 Å². The molecule has 100 valence electrons. The molecule has 0 aliphatic carbocycles. The normalized spacial score (nSPS) is 26.0. The molecule has 1 rings (SSSR count). The van der Waals surface area contributed by atoms with Crippen molar-refractivity contribution in [1.82, 2.24) is 4.90 Å². The SMILES string of the molecule is CCOC[C@H]1CC(F)(F)CN1[C@H](CC)C(=O)O. The molecule has 0 amide bonds. The second kappa shape index (κ2) is 5.73. The van der Waals surface area contributed by atoms with E-state index < -0.39 is 30.5 Å². The number of alkyl halides is 2. The van der Waals surface area contributed by atoms with Crippen LogP contribution < -0.4 is 0 Å². The number of rotatable bonds is 6. The van der Waals surface area contributed by atoms with Crippen LogP contribution in [0.5, 0.6) is 0 Å². The molecule has 1 aliphatic rings. The van der Waals surface area contributed by atoms with Crippen LogP contribution in [0, 0.1) is 0 Å². The van der Waals surface area contributed by atoms with Gasteiger partial charge in [-0.2, -0.15) is 0 Å². The summed E-state index contributed by atoms with van der Waals surface area (Å²) in [6.45, 7) is 3.59. The number of carbonyl (C=O) groups is 1. The van der Waals surface area contributed by atoms with Gasteiger partial charge in [-0.05, 0) is 13.3 Å². The molecule has 1 heterocycles. The van der Waals surface area contributed by atoms with Crippen molar-refractivity contribution in [3.8, 4) is 0 Å². The van der Waals surface area contributed by atoms with Crippen molar-refractivity contribution in [2.75, 3.05) is 19.8 Å². The summed E-state index contributed by atoms with van der Waals surface area (Å²) in [6.07, 6.45) is -0.00911. The number of aliphatic carboxylic acids is 1. The molecule has 0 spiro atoms. The van der Waals surface area contributed by atoms with Gasteiger partial charge >= 0.3 is 5.97 Å². The molecule has 0 saturated carbocycles. The molecule has 0 aromatic rings. The van der Waals surface area contributed by atoms with Gasteiger partial charge in [-0.3, -0.25) is 9.69 Å². The highest BCUT2D eigenvalue weighted by atomic mass is 19.3. The van der Waals surface area contributed by atoms with Gasteiger partial charge < -0.3 is 9.84 Å². The number of carboxylic acid groups (broad SMARTS) is 1. The molecular weight excluding hydrogens is 232 g/mol. The minimum Gasteiger partial charge on any atom is -0.480 e. The zero-order valence-electron chi connectivity index (χ0n) is 10.2. The van der Waals surface area contributed by atoms with Crippen molar-refractivity contribution in [2.24, 2.45) is 0 Å². The van der Waals surface area contributed by atoms with Crippen molar-refractivity contribution in [3.05, 3.63) is 0 Å². The highest BCUT2D eigenvalue weighted by Crippen LogP contribution is 2.34. The minimum atomic E-state index is -2.81. The number of ether oxygens (including phenoxy) is 1. The number of carboxylic acids is 1. The number of halogens is 2. The zero-order valence-corrected chi connectivity index (χ0v) is 10.2. The zero-order chi connectivity index (χ0) is 13.1. The molecule has 0 bridgehead atoms. The Morgan fingerprint density at radius 3 is 2.71 bits per heavy atom. The fourth-order valence-corrected chi connectivity index (χ4v) is 2.25. The van der Waals surface area contributed by atoms with Crippen molar-refractivity contribution >= 4 is 5.97 Å². The summed E-state index contributed by atoms with van der Waals surface area (Å²) in [4.78, 5) is 12.4. The van der Waals surface area contributed by atoms with Gasteiger partial charge in [0.1, 0.15) is 6.04 Å². The Morgan fingerprint density at radius 1 is 1.59 bits per heavy atom. The summed E-state index contributed by atoms with van der Waals surface area (Å²) in [7, 11) is 0. The highest BCUT2D eigenvalue weighted by Gasteiger charge is 2.48. The predicted molar refractivity (Wildman–Crippen MR) is 58.3 cm³/mol. The van der Waals surface area contributed by atoms with Crippen molar-refractivity contribution in [2.45, 2.75) is 44.7 Å². The van der Waals surface area contributed by atoms with Gasteiger partial charge in [-0.15, -0.1) is 0 Å². The Morgan fingerprint density at radius 2 is 2.24 bits per heavy atom. The third kappa shape index (κ3) is 3.61. The van der Waals surface area contributed by atoms with Crippen LogP contribution in [0.1, 0.15) is 26.7 Å². The third-order valence-corrected chi connectivity index (χ3v) is 3.00. The minimum absolute atomic E-state index is 0.163. The van der Waals surface area contributed by atoms with Gasteiger partial charge in [0.05, 0.1) is 13.2 Å². The van der Waals surface area contributed by atoms with Crippen LogP contribution in [0.4, 0.5) is 8.78 Å². The summed E-state index contributed by atoms with van der Waals surface area (Å²) >= 11 is 0. The lowest BCUT2D eigenvalue weighted by Crippen LogP contribution is -2.46. The van der Waals surface area contributed by atoms with Gasteiger partial charge in [-0.25, -0.2) is 8.78 Å². The van der Waals surface area contributed by atoms with E-state index in [4.69, 9.17) is 9.84 Å². The maximum Gasteiger partial charge on any atom is 0.320 e. The first-order chi connectivity index (χ1) is 7.91. The molecule has 0 radical (unpaired) electrons. The Labute approximate surface area is 99.5 Å². The molecule has 1 N–H and O–H groups in total. The summed E-state index contributed by atoms with van der Waals surface area (Å²) in [5.41, 5.74) is 0. The van der Waals surface area contributed by atoms with Crippen LogP contribution in [0.15, 0.2) is 0 Å².